The highest BCUT2D eigenvalue weighted by Crippen LogP contribution is 2.28. The van der Waals surface area contributed by atoms with Gasteiger partial charge in [0, 0.05) is 17.0 Å². The highest BCUT2D eigenvalue weighted by Gasteiger charge is 2.07. The summed E-state index contributed by atoms with van der Waals surface area (Å²) in [6, 6.07) is 16.6. The average Bonchev–Trinajstić information content (AvgIpc) is 2.52. The molecular formula is C17H21NOS. The fraction of sp³-hybridized carbons (Fsp3) is 0.294. The van der Waals surface area contributed by atoms with Crippen molar-refractivity contribution in [2.75, 3.05) is 12.9 Å². The molecule has 3 heteroatoms. The van der Waals surface area contributed by atoms with Crippen molar-refractivity contribution in [2.24, 2.45) is 5.73 Å². The molecule has 0 spiro atoms. The van der Waals surface area contributed by atoms with Gasteiger partial charge in [0.1, 0.15) is 5.75 Å². The Bertz CT molecular complexity index is 528. The Hall–Kier alpha value is -1.45. The van der Waals surface area contributed by atoms with Crippen LogP contribution >= 0.6 is 11.8 Å². The normalized spacial score (nSPS) is 10.5. The molecule has 0 bridgehead atoms. The lowest BCUT2D eigenvalue weighted by Gasteiger charge is -2.13. The molecule has 0 saturated heterocycles. The van der Waals surface area contributed by atoms with Crippen LogP contribution in [0.3, 0.4) is 0 Å². The van der Waals surface area contributed by atoms with E-state index in [0.717, 1.165) is 30.8 Å². The van der Waals surface area contributed by atoms with Crippen molar-refractivity contribution in [3.05, 3.63) is 59.7 Å². The summed E-state index contributed by atoms with van der Waals surface area (Å²) in [4.78, 5) is 1.20. The van der Waals surface area contributed by atoms with E-state index >= 15 is 0 Å². The summed E-state index contributed by atoms with van der Waals surface area (Å²) >= 11 is 1.71. The van der Waals surface area contributed by atoms with Crippen molar-refractivity contribution in [1.82, 2.24) is 0 Å². The predicted molar refractivity (Wildman–Crippen MR) is 86.4 cm³/mol. The molecule has 0 unspecified atom stereocenters. The second-order valence-corrected chi connectivity index (χ2v) is 5.43. The van der Waals surface area contributed by atoms with Crippen molar-refractivity contribution in [3.8, 4) is 5.75 Å². The summed E-state index contributed by atoms with van der Waals surface area (Å²) in [7, 11) is 0. The molecule has 0 aliphatic carbocycles. The molecule has 0 saturated carbocycles. The van der Waals surface area contributed by atoms with Crippen molar-refractivity contribution < 1.29 is 4.74 Å². The molecule has 106 valence electrons. The average molecular weight is 287 g/mol. The van der Waals surface area contributed by atoms with Crippen LogP contribution in [0.25, 0.3) is 0 Å². The van der Waals surface area contributed by atoms with Crippen LogP contribution in [0.4, 0.5) is 0 Å². The van der Waals surface area contributed by atoms with E-state index in [4.69, 9.17) is 10.5 Å². The fourth-order valence-electron chi connectivity index (χ4n) is 2.18. The van der Waals surface area contributed by atoms with Gasteiger partial charge in [-0.2, -0.15) is 0 Å². The van der Waals surface area contributed by atoms with Gasteiger partial charge in [0.05, 0.1) is 6.61 Å². The molecule has 2 N–H and O–H groups in total. The standard InChI is InChI=1S/C17H21NOS/c1-20-17-11-5-10-16(15(17)13-18)19-12-6-9-14-7-3-2-4-8-14/h2-5,7-8,10-11H,6,9,12-13,18H2,1H3. The van der Waals surface area contributed by atoms with Gasteiger partial charge in [0.2, 0.25) is 0 Å². The Morgan fingerprint density at radius 2 is 1.85 bits per heavy atom. The molecule has 2 rings (SSSR count). The lowest BCUT2D eigenvalue weighted by Crippen LogP contribution is -2.05. The molecule has 2 aromatic rings. The van der Waals surface area contributed by atoms with Gasteiger partial charge < -0.3 is 10.5 Å². The Morgan fingerprint density at radius 1 is 1.05 bits per heavy atom. The van der Waals surface area contributed by atoms with Gasteiger partial charge in [0.25, 0.3) is 0 Å². The molecule has 2 aromatic carbocycles. The number of rotatable bonds is 7. The molecule has 0 aliphatic rings. The Morgan fingerprint density at radius 3 is 2.55 bits per heavy atom. The first-order valence-corrected chi connectivity index (χ1v) is 8.10. The number of nitrogens with two attached hydrogens (primary N) is 1. The summed E-state index contributed by atoms with van der Waals surface area (Å²) < 4.78 is 5.90. The van der Waals surface area contributed by atoms with E-state index in [2.05, 4.69) is 36.6 Å². The van der Waals surface area contributed by atoms with Gasteiger partial charge in [-0.15, -0.1) is 11.8 Å². The van der Waals surface area contributed by atoms with Crippen LogP contribution in [0.15, 0.2) is 53.4 Å². The van der Waals surface area contributed by atoms with Gasteiger partial charge in [-0.3, -0.25) is 0 Å². The van der Waals surface area contributed by atoms with Crippen molar-refractivity contribution in [3.63, 3.8) is 0 Å². The Labute approximate surface area is 125 Å². The first kappa shape index (κ1) is 14.9. The minimum absolute atomic E-state index is 0.519. The van der Waals surface area contributed by atoms with Gasteiger partial charge in [-0.1, -0.05) is 36.4 Å². The second-order valence-electron chi connectivity index (χ2n) is 4.58. The maximum Gasteiger partial charge on any atom is 0.124 e. The van der Waals surface area contributed by atoms with Crippen LogP contribution < -0.4 is 10.5 Å². The van der Waals surface area contributed by atoms with E-state index in [0.29, 0.717) is 6.54 Å². The van der Waals surface area contributed by atoms with Crippen LogP contribution in [-0.4, -0.2) is 12.9 Å². The third-order valence-corrected chi connectivity index (χ3v) is 4.05. The fourth-order valence-corrected chi connectivity index (χ4v) is 2.82. The molecule has 0 heterocycles. The maximum absolute atomic E-state index is 5.90. The van der Waals surface area contributed by atoms with Crippen molar-refractivity contribution in [1.29, 1.82) is 0 Å². The van der Waals surface area contributed by atoms with E-state index < -0.39 is 0 Å². The first-order chi connectivity index (χ1) is 9.85. The van der Waals surface area contributed by atoms with E-state index in [1.807, 2.05) is 18.2 Å². The smallest absolute Gasteiger partial charge is 0.124 e. The summed E-state index contributed by atoms with van der Waals surface area (Å²) in [5.41, 5.74) is 8.29. The van der Waals surface area contributed by atoms with Crippen LogP contribution in [0.5, 0.6) is 5.75 Å². The van der Waals surface area contributed by atoms with Crippen molar-refractivity contribution >= 4 is 11.8 Å². The van der Waals surface area contributed by atoms with E-state index in [9.17, 15) is 0 Å². The lowest BCUT2D eigenvalue weighted by molar-refractivity contribution is 0.307. The number of ether oxygens (including phenoxy) is 1. The zero-order valence-corrected chi connectivity index (χ0v) is 12.7. The SMILES string of the molecule is CSc1cccc(OCCCc2ccccc2)c1CN. The number of hydrogen-bond donors (Lipinski definition) is 1. The third kappa shape index (κ3) is 4.02. The molecular weight excluding hydrogens is 266 g/mol. The summed E-state index contributed by atoms with van der Waals surface area (Å²) in [6.07, 6.45) is 4.12. The van der Waals surface area contributed by atoms with E-state index in [1.54, 1.807) is 11.8 Å². The predicted octanol–water partition coefficient (Wildman–Crippen LogP) is 3.88. The molecule has 0 amide bonds. The van der Waals surface area contributed by atoms with Crippen molar-refractivity contribution in [2.45, 2.75) is 24.3 Å². The molecule has 0 radical (unpaired) electrons. The topological polar surface area (TPSA) is 35.2 Å². The van der Waals surface area contributed by atoms with Gasteiger partial charge in [-0.25, -0.2) is 0 Å². The van der Waals surface area contributed by atoms with Crippen LogP contribution in [0.2, 0.25) is 0 Å². The Balaban J connectivity index is 1.88. The zero-order chi connectivity index (χ0) is 14.2. The number of aryl methyl sites for hydroxylation is 1. The van der Waals surface area contributed by atoms with Crippen LogP contribution in [-0.2, 0) is 13.0 Å². The largest absolute Gasteiger partial charge is 0.493 e. The molecule has 2 nitrogen and oxygen atoms in total. The number of hydrogen-bond acceptors (Lipinski definition) is 3. The molecule has 0 aliphatic heterocycles. The number of thioether (sulfide) groups is 1. The van der Waals surface area contributed by atoms with Gasteiger partial charge in [0.15, 0.2) is 0 Å². The minimum Gasteiger partial charge on any atom is -0.493 e. The van der Waals surface area contributed by atoms with Crippen LogP contribution in [0, 0.1) is 0 Å². The second kappa shape index (κ2) is 7.98. The maximum atomic E-state index is 5.90. The van der Waals surface area contributed by atoms with Gasteiger partial charge >= 0.3 is 0 Å². The third-order valence-electron chi connectivity index (χ3n) is 3.22. The summed E-state index contributed by atoms with van der Waals surface area (Å²) in [5, 5.41) is 0. The highest BCUT2D eigenvalue weighted by molar-refractivity contribution is 7.98. The van der Waals surface area contributed by atoms with Gasteiger partial charge in [-0.05, 0) is 36.8 Å². The van der Waals surface area contributed by atoms with E-state index in [1.165, 1.54) is 10.5 Å². The molecule has 0 atom stereocenters. The monoisotopic (exact) mass is 287 g/mol. The number of benzene rings is 2. The minimum atomic E-state index is 0.519. The van der Waals surface area contributed by atoms with Crippen LogP contribution in [0.1, 0.15) is 17.5 Å². The Kier molecular flexibility index (Phi) is 5.96. The summed E-state index contributed by atoms with van der Waals surface area (Å²) in [6.45, 7) is 1.24. The van der Waals surface area contributed by atoms with E-state index in [-0.39, 0.29) is 0 Å². The molecule has 20 heavy (non-hydrogen) atoms. The zero-order valence-electron chi connectivity index (χ0n) is 11.8. The first-order valence-electron chi connectivity index (χ1n) is 6.88. The summed E-state index contributed by atoms with van der Waals surface area (Å²) in [5.74, 6) is 0.924. The molecule has 0 aromatic heterocycles. The lowest BCUT2D eigenvalue weighted by atomic mass is 10.1. The quantitative estimate of drug-likeness (QED) is 0.620. The molecule has 0 fully saturated rings. The highest BCUT2D eigenvalue weighted by atomic mass is 32.2.